The Kier molecular flexibility index (Phi) is 31.2. The Hall–Kier alpha value is -6.23. The maximum absolute atomic E-state index is 13.9. The van der Waals surface area contributed by atoms with Gasteiger partial charge in [-0.05, 0) is 97.9 Å². The minimum absolute atomic E-state index is 0.0283. The molecule has 0 spiro atoms. The first-order chi connectivity index (χ1) is 33.1. The zero-order valence-corrected chi connectivity index (χ0v) is 42.1. The quantitative estimate of drug-likeness (QED) is 0.00904. The molecule has 0 heterocycles. The maximum atomic E-state index is 13.9. The van der Waals surface area contributed by atoms with Crippen LogP contribution in [0, 0.1) is 0 Å². The minimum Gasteiger partial charge on any atom is -0.391 e. The Labute approximate surface area is 415 Å². The average molecular weight is 1020 g/mol. The number of rotatable bonds is 37. The van der Waals surface area contributed by atoms with Gasteiger partial charge in [0.2, 0.25) is 47.3 Å². The number of hydrogen-bond acceptors (Lipinski definition) is 15. The van der Waals surface area contributed by atoms with Crippen molar-refractivity contribution < 1.29 is 57.8 Å². The molecule has 0 aliphatic carbocycles. The Bertz CT molecular complexity index is 1790. The normalized spacial score (nSPS) is 15.5. The zero-order valence-electron chi connectivity index (χ0n) is 42.1. The SMILES string of the molecule is C[C@H](NC(=O)[C@@H](NC(=O)[C@H](CCC(N)=O)NC(=O)[C@H](CCCCN)NC(=O)[C@@H](NC(=O)[C@@H](N)CCCN=C(N)N)[C@@H](C)O)[C@@H](C)O)C(=O)N[C@@H](CCCN=C(N)N)C(=O)N[C@H](C=O)CCCC[N+](C)(C)C. The summed E-state index contributed by atoms with van der Waals surface area (Å²) in [6.45, 7) is 5.02. The van der Waals surface area contributed by atoms with Crippen LogP contribution in [0.2, 0.25) is 0 Å². The van der Waals surface area contributed by atoms with Gasteiger partial charge in [0.15, 0.2) is 11.9 Å². The van der Waals surface area contributed by atoms with Gasteiger partial charge in [-0.25, -0.2) is 0 Å². The molecule has 0 fully saturated rings. The number of nitrogens with two attached hydrogens (primary N) is 7. The number of quaternary nitrogens is 1. The first-order valence-corrected chi connectivity index (χ1v) is 23.7. The standard InChI is InChI=1S/C43H83N17O11/c1-24(35(65)55-30(16-12-21-52-43(49)50)37(67)54-27(23-61)13-8-10-22-60(4,5)6)53-40(70)33(25(2)62)59-39(69)31(17-18-32(46)64)56-38(68)29(15-7-9-19-44)57-41(71)34(26(3)63)58-36(66)28(45)14-11-20-51-42(47)48/h23-31,33-34,62-63H,7-22,44-45H2,1-6H3,(H16-,46,47,48,49,50,51,52,53,54,55,56,57,58,59,64,65,66,67,68,69,70,71)/p+1/t24-,25+,26+,27-,28-,29-,30-,31-,33-,34-/m0/s1. The number of carbonyl (C=O) groups excluding carboxylic acids is 9. The molecule has 0 radical (unpaired) electrons. The van der Waals surface area contributed by atoms with Crippen molar-refractivity contribution in [3.63, 3.8) is 0 Å². The van der Waals surface area contributed by atoms with Gasteiger partial charge in [-0.3, -0.25) is 48.3 Å². The second kappa shape index (κ2) is 34.2. The number of nitrogens with one attached hydrogen (secondary N) is 7. The van der Waals surface area contributed by atoms with E-state index in [2.05, 4.69) is 47.2 Å². The summed E-state index contributed by atoms with van der Waals surface area (Å²) in [7, 11) is 6.10. The predicted octanol–water partition coefficient (Wildman–Crippen LogP) is -6.93. The molecule has 0 aromatic heterocycles. The average Bonchev–Trinajstić information content (AvgIpc) is 3.27. The number of carbonyl (C=O) groups is 9. The Balaban J connectivity index is 6.24. The van der Waals surface area contributed by atoms with E-state index in [1.54, 1.807) is 0 Å². The molecule has 0 bridgehead atoms. The van der Waals surface area contributed by atoms with Crippen molar-refractivity contribution >= 4 is 65.5 Å². The number of aliphatic hydroxyl groups excluding tert-OH is 2. The molecule has 0 rings (SSSR count). The lowest BCUT2D eigenvalue weighted by molar-refractivity contribution is -0.870. The van der Waals surface area contributed by atoms with E-state index in [4.69, 9.17) is 40.1 Å². The van der Waals surface area contributed by atoms with Crippen LogP contribution in [0.3, 0.4) is 0 Å². The second-order valence-electron chi connectivity index (χ2n) is 18.4. The minimum atomic E-state index is -1.76. The Morgan fingerprint density at radius 1 is 0.535 bits per heavy atom. The van der Waals surface area contributed by atoms with Crippen LogP contribution < -0.4 is 77.4 Å². The summed E-state index contributed by atoms with van der Waals surface area (Å²) in [4.78, 5) is 126. The number of hydrogen-bond donors (Lipinski definition) is 16. The molecule has 71 heavy (non-hydrogen) atoms. The number of unbranched alkanes of at least 4 members (excludes halogenated alkanes) is 2. The molecule has 0 aliphatic heterocycles. The van der Waals surface area contributed by atoms with Crippen LogP contribution in [0.1, 0.15) is 97.8 Å². The van der Waals surface area contributed by atoms with E-state index in [1.807, 2.05) is 21.1 Å². The van der Waals surface area contributed by atoms with Gasteiger partial charge in [-0.1, -0.05) is 0 Å². The first kappa shape index (κ1) is 64.8. The lowest BCUT2D eigenvalue weighted by Crippen LogP contribution is -2.62. The van der Waals surface area contributed by atoms with Crippen molar-refractivity contribution in [3.8, 4) is 0 Å². The van der Waals surface area contributed by atoms with Crippen molar-refractivity contribution in [1.29, 1.82) is 0 Å². The van der Waals surface area contributed by atoms with Crippen LogP contribution in [0.15, 0.2) is 9.98 Å². The molecule has 0 saturated carbocycles. The highest BCUT2D eigenvalue weighted by molar-refractivity contribution is 5.97. The number of aliphatic imine (C=N–C) groups is 2. The van der Waals surface area contributed by atoms with Crippen molar-refractivity contribution in [2.75, 3.05) is 47.3 Å². The van der Waals surface area contributed by atoms with Crippen LogP contribution in [0.25, 0.3) is 0 Å². The summed E-state index contributed by atoms with van der Waals surface area (Å²) in [5.41, 5.74) is 38.4. The van der Waals surface area contributed by atoms with Crippen LogP contribution in [0.4, 0.5) is 0 Å². The topological polar surface area (TPSA) is 485 Å². The third-order valence-electron chi connectivity index (χ3n) is 10.7. The monoisotopic (exact) mass is 1010 g/mol. The first-order valence-electron chi connectivity index (χ1n) is 23.7. The number of primary amides is 1. The molecule has 0 aliphatic rings. The molecule has 0 unspecified atom stereocenters. The summed E-state index contributed by atoms with van der Waals surface area (Å²) < 4.78 is 0.720. The van der Waals surface area contributed by atoms with E-state index >= 15 is 0 Å². The third kappa shape index (κ3) is 28.9. The van der Waals surface area contributed by atoms with E-state index in [1.165, 1.54) is 13.8 Å². The van der Waals surface area contributed by atoms with Crippen LogP contribution in [-0.4, -0.2) is 188 Å². The fourth-order valence-corrected chi connectivity index (χ4v) is 6.67. The zero-order chi connectivity index (χ0) is 54.4. The number of guanidine groups is 2. The molecular formula is C43H84N17O11+. The maximum Gasteiger partial charge on any atom is 0.245 e. The molecule has 406 valence electrons. The van der Waals surface area contributed by atoms with Gasteiger partial charge in [-0.2, -0.15) is 0 Å². The number of amides is 8. The van der Waals surface area contributed by atoms with Crippen LogP contribution in [0.5, 0.6) is 0 Å². The third-order valence-corrected chi connectivity index (χ3v) is 10.7. The van der Waals surface area contributed by atoms with Crippen LogP contribution in [-0.2, 0) is 43.2 Å². The summed E-state index contributed by atoms with van der Waals surface area (Å²) in [5, 5.41) is 38.3. The fraction of sp³-hybridized carbons (Fsp3) is 0.744. The molecule has 8 amide bonds. The predicted molar refractivity (Wildman–Crippen MR) is 264 cm³/mol. The van der Waals surface area contributed by atoms with Crippen molar-refractivity contribution in [1.82, 2.24) is 37.2 Å². The van der Waals surface area contributed by atoms with E-state index in [0.717, 1.165) is 24.4 Å². The van der Waals surface area contributed by atoms with E-state index in [9.17, 15) is 53.4 Å². The van der Waals surface area contributed by atoms with Crippen molar-refractivity contribution in [2.24, 2.45) is 50.1 Å². The van der Waals surface area contributed by atoms with Gasteiger partial charge >= 0.3 is 0 Å². The second-order valence-corrected chi connectivity index (χ2v) is 18.4. The Morgan fingerprint density at radius 3 is 1.46 bits per heavy atom. The molecule has 0 aromatic rings. The Morgan fingerprint density at radius 2 is 0.972 bits per heavy atom. The molecule has 10 atom stereocenters. The highest BCUT2D eigenvalue weighted by Crippen LogP contribution is 2.09. The molecule has 28 heteroatoms. The summed E-state index contributed by atoms with van der Waals surface area (Å²) in [6, 6.07) is -10.9. The molecule has 0 aromatic carbocycles. The molecule has 28 nitrogen and oxygen atoms in total. The van der Waals surface area contributed by atoms with E-state index in [-0.39, 0.29) is 63.7 Å². The van der Waals surface area contributed by atoms with Gasteiger partial charge in [0.1, 0.15) is 42.5 Å². The molecule has 23 N–H and O–H groups in total. The highest BCUT2D eigenvalue weighted by Gasteiger charge is 2.35. The van der Waals surface area contributed by atoms with Gasteiger partial charge < -0.3 is 96.8 Å². The fourth-order valence-electron chi connectivity index (χ4n) is 6.67. The van der Waals surface area contributed by atoms with Gasteiger partial charge in [-0.15, -0.1) is 0 Å². The van der Waals surface area contributed by atoms with Crippen molar-refractivity contribution in [2.45, 2.75) is 158 Å². The highest BCUT2D eigenvalue weighted by atomic mass is 16.3. The summed E-state index contributed by atoms with van der Waals surface area (Å²) >= 11 is 0. The molecular weight excluding hydrogens is 931 g/mol. The van der Waals surface area contributed by atoms with Gasteiger partial charge in [0.25, 0.3) is 0 Å². The number of aliphatic hydroxyl groups is 2. The summed E-state index contributed by atoms with van der Waals surface area (Å²) in [5.74, 6) is -7.59. The van der Waals surface area contributed by atoms with Gasteiger partial charge in [0, 0.05) is 19.5 Å². The number of aldehydes is 1. The summed E-state index contributed by atoms with van der Waals surface area (Å²) in [6.07, 6.45) is -0.192. The number of nitrogens with zero attached hydrogens (tertiary/aromatic N) is 3. The largest absolute Gasteiger partial charge is 0.391 e. The van der Waals surface area contributed by atoms with E-state index in [0.29, 0.717) is 32.0 Å². The van der Waals surface area contributed by atoms with Crippen LogP contribution >= 0.6 is 0 Å². The smallest absolute Gasteiger partial charge is 0.245 e. The van der Waals surface area contributed by atoms with Gasteiger partial charge in [0.05, 0.1) is 52.0 Å². The molecule has 0 saturated heterocycles. The lowest BCUT2D eigenvalue weighted by Gasteiger charge is -2.28. The van der Waals surface area contributed by atoms with Crippen molar-refractivity contribution in [3.05, 3.63) is 0 Å². The van der Waals surface area contributed by atoms with E-state index < -0.39 is 121 Å². The lowest BCUT2D eigenvalue weighted by atomic mass is 10.0.